The number of hydrogen-bond acceptors (Lipinski definition) is 2. The van der Waals surface area contributed by atoms with Crippen molar-refractivity contribution in [3.63, 3.8) is 0 Å². The Morgan fingerprint density at radius 2 is 1.93 bits per heavy atom. The Hall–Kier alpha value is -1.31. The average Bonchev–Trinajstić information content (AvgIpc) is 2.19. The molecule has 0 aromatic heterocycles. The highest BCUT2D eigenvalue weighted by Gasteiger charge is 2.28. The summed E-state index contributed by atoms with van der Waals surface area (Å²) < 4.78 is 5.63. The number of rotatable bonds is 4. The Bertz CT molecular complexity index is 332. The van der Waals surface area contributed by atoms with Crippen molar-refractivity contribution in [1.29, 1.82) is 0 Å². The van der Waals surface area contributed by atoms with E-state index >= 15 is 0 Å². The summed E-state index contributed by atoms with van der Waals surface area (Å²) in [6.07, 6.45) is 3.56. The number of benzene rings is 1. The average molecular weight is 204 g/mol. The van der Waals surface area contributed by atoms with Crippen molar-refractivity contribution >= 4 is 5.78 Å². The van der Waals surface area contributed by atoms with Crippen LogP contribution in [0.3, 0.4) is 0 Å². The van der Waals surface area contributed by atoms with Gasteiger partial charge in [-0.2, -0.15) is 0 Å². The molecule has 0 radical (unpaired) electrons. The van der Waals surface area contributed by atoms with E-state index < -0.39 is 0 Å². The summed E-state index contributed by atoms with van der Waals surface area (Å²) >= 11 is 0. The second-order valence-electron chi connectivity index (χ2n) is 4.08. The monoisotopic (exact) mass is 204 g/mol. The number of ether oxygens (including phenoxy) is 1. The summed E-state index contributed by atoms with van der Waals surface area (Å²) in [5.74, 6) is 1.19. The van der Waals surface area contributed by atoms with Gasteiger partial charge in [0.1, 0.15) is 17.6 Å². The molecule has 1 aliphatic carbocycles. The fraction of sp³-hybridized carbons (Fsp3) is 0.462. The van der Waals surface area contributed by atoms with Gasteiger partial charge >= 0.3 is 0 Å². The van der Waals surface area contributed by atoms with Crippen LogP contribution in [-0.2, 0) is 11.2 Å². The summed E-state index contributed by atoms with van der Waals surface area (Å²) in [7, 11) is 0. The first-order chi connectivity index (χ1) is 7.28. The topological polar surface area (TPSA) is 26.3 Å². The molecule has 80 valence electrons. The van der Waals surface area contributed by atoms with Crippen molar-refractivity contribution in [2.24, 2.45) is 0 Å². The maximum atomic E-state index is 10.8. The smallest absolute Gasteiger partial charge is 0.140 e. The molecule has 0 atom stereocenters. The van der Waals surface area contributed by atoms with Crippen molar-refractivity contribution in [2.45, 2.75) is 38.7 Å². The molecule has 0 saturated heterocycles. The highest BCUT2D eigenvalue weighted by Crippen LogP contribution is 2.22. The highest BCUT2D eigenvalue weighted by molar-refractivity contribution is 5.85. The van der Waals surface area contributed by atoms with Crippen LogP contribution >= 0.6 is 0 Å². The maximum absolute atomic E-state index is 10.8. The Balaban J connectivity index is 1.89. The third-order valence-corrected chi connectivity index (χ3v) is 2.68. The summed E-state index contributed by atoms with van der Waals surface area (Å²) in [4.78, 5) is 10.8. The van der Waals surface area contributed by atoms with Crippen LogP contribution in [0.25, 0.3) is 0 Å². The van der Waals surface area contributed by atoms with E-state index in [0.717, 1.165) is 18.6 Å². The second kappa shape index (κ2) is 4.47. The first-order valence-corrected chi connectivity index (χ1v) is 5.55. The second-order valence-corrected chi connectivity index (χ2v) is 4.08. The van der Waals surface area contributed by atoms with Crippen LogP contribution in [0.5, 0.6) is 5.75 Å². The van der Waals surface area contributed by atoms with Gasteiger partial charge in [-0.1, -0.05) is 25.5 Å². The molecule has 0 amide bonds. The maximum Gasteiger partial charge on any atom is 0.140 e. The molecule has 1 aliphatic rings. The van der Waals surface area contributed by atoms with Crippen LogP contribution in [0, 0.1) is 0 Å². The van der Waals surface area contributed by atoms with Crippen molar-refractivity contribution in [1.82, 2.24) is 0 Å². The summed E-state index contributed by atoms with van der Waals surface area (Å²) in [6, 6.07) is 8.18. The third kappa shape index (κ3) is 2.58. The molecular weight excluding hydrogens is 188 g/mol. The van der Waals surface area contributed by atoms with Crippen LogP contribution in [-0.4, -0.2) is 11.9 Å². The summed E-state index contributed by atoms with van der Waals surface area (Å²) in [6.45, 7) is 2.17. The van der Waals surface area contributed by atoms with Gasteiger partial charge < -0.3 is 4.74 Å². The first kappa shape index (κ1) is 10.2. The van der Waals surface area contributed by atoms with Crippen LogP contribution in [0.15, 0.2) is 24.3 Å². The van der Waals surface area contributed by atoms with Crippen LogP contribution in [0.4, 0.5) is 0 Å². The molecule has 0 N–H and O–H groups in total. The number of hydrogen-bond donors (Lipinski definition) is 0. The molecule has 2 heteroatoms. The molecule has 0 bridgehead atoms. The van der Waals surface area contributed by atoms with E-state index in [1.54, 1.807) is 0 Å². The predicted molar refractivity (Wildman–Crippen MR) is 59.1 cm³/mol. The van der Waals surface area contributed by atoms with Gasteiger partial charge in [-0.05, 0) is 24.1 Å². The zero-order chi connectivity index (χ0) is 10.7. The Morgan fingerprint density at radius 1 is 1.27 bits per heavy atom. The first-order valence-electron chi connectivity index (χ1n) is 5.55. The zero-order valence-corrected chi connectivity index (χ0v) is 9.03. The molecule has 1 fully saturated rings. The lowest BCUT2D eigenvalue weighted by atomic mass is 9.94. The minimum atomic E-state index is 0.120. The van der Waals surface area contributed by atoms with E-state index in [2.05, 4.69) is 19.1 Å². The number of carbonyl (C=O) groups is 1. The molecule has 0 heterocycles. The van der Waals surface area contributed by atoms with Gasteiger partial charge in [0.15, 0.2) is 0 Å². The molecule has 2 nitrogen and oxygen atoms in total. The number of Topliss-reactive ketones (excluding diaryl/α,β-unsaturated/α-hetero) is 1. The fourth-order valence-electron chi connectivity index (χ4n) is 1.75. The molecule has 0 spiro atoms. The van der Waals surface area contributed by atoms with Crippen molar-refractivity contribution < 1.29 is 9.53 Å². The quantitative estimate of drug-likeness (QED) is 0.753. The summed E-state index contributed by atoms with van der Waals surface area (Å²) in [5, 5.41) is 0. The summed E-state index contributed by atoms with van der Waals surface area (Å²) in [5.41, 5.74) is 1.34. The Morgan fingerprint density at radius 3 is 2.47 bits per heavy atom. The third-order valence-electron chi connectivity index (χ3n) is 2.68. The fourth-order valence-corrected chi connectivity index (χ4v) is 1.75. The van der Waals surface area contributed by atoms with Crippen molar-refractivity contribution in [2.75, 3.05) is 0 Å². The molecule has 1 saturated carbocycles. The molecule has 0 unspecified atom stereocenters. The van der Waals surface area contributed by atoms with Gasteiger partial charge in [-0.15, -0.1) is 0 Å². The molecular formula is C13H16O2. The lowest BCUT2D eigenvalue weighted by Gasteiger charge is -2.25. The van der Waals surface area contributed by atoms with Crippen molar-refractivity contribution in [3.05, 3.63) is 29.8 Å². The van der Waals surface area contributed by atoms with Gasteiger partial charge in [0.05, 0.1) is 0 Å². The molecule has 2 rings (SSSR count). The van der Waals surface area contributed by atoms with E-state index in [9.17, 15) is 4.79 Å². The van der Waals surface area contributed by atoms with E-state index in [0.29, 0.717) is 18.6 Å². The molecule has 1 aromatic rings. The van der Waals surface area contributed by atoms with Crippen LogP contribution < -0.4 is 4.74 Å². The molecule has 1 aromatic carbocycles. The van der Waals surface area contributed by atoms with E-state index in [1.807, 2.05) is 12.1 Å². The number of ketones is 1. The normalized spacial score (nSPS) is 16.2. The SMILES string of the molecule is CCCc1ccc(OC2CC(=O)C2)cc1. The van der Waals surface area contributed by atoms with Gasteiger partial charge in [0, 0.05) is 12.8 Å². The standard InChI is InChI=1S/C13H16O2/c1-2-3-10-4-6-12(7-5-10)15-13-8-11(14)9-13/h4-7,13H,2-3,8-9H2,1H3. The Labute approximate surface area is 90.3 Å². The predicted octanol–water partition coefficient (Wildman–Crippen LogP) is 2.75. The van der Waals surface area contributed by atoms with Crippen LogP contribution in [0.1, 0.15) is 31.7 Å². The van der Waals surface area contributed by atoms with Gasteiger partial charge in [0.2, 0.25) is 0 Å². The minimum absolute atomic E-state index is 0.120. The molecule has 15 heavy (non-hydrogen) atoms. The van der Waals surface area contributed by atoms with Gasteiger partial charge in [-0.3, -0.25) is 4.79 Å². The Kier molecular flexibility index (Phi) is 3.05. The highest BCUT2D eigenvalue weighted by atomic mass is 16.5. The van der Waals surface area contributed by atoms with Crippen LogP contribution in [0.2, 0.25) is 0 Å². The van der Waals surface area contributed by atoms with Crippen molar-refractivity contribution in [3.8, 4) is 5.75 Å². The minimum Gasteiger partial charge on any atom is -0.490 e. The number of aryl methyl sites for hydroxylation is 1. The largest absolute Gasteiger partial charge is 0.490 e. The lowest BCUT2D eigenvalue weighted by Crippen LogP contribution is -2.33. The number of carbonyl (C=O) groups excluding carboxylic acids is 1. The lowest BCUT2D eigenvalue weighted by molar-refractivity contribution is -0.129. The zero-order valence-electron chi connectivity index (χ0n) is 9.03. The van der Waals surface area contributed by atoms with Gasteiger partial charge in [0.25, 0.3) is 0 Å². The van der Waals surface area contributed by atoms with E-state index in [-0.39, 0.29) is 6.10 Å². The molecule has 0 aliphatic heterocycles. The van der Waals surface area contributed by atoms with Gasteiger partial charge in [-0.25, -0.2) is 0 Å². The van der Waals surface area contributed by atoms with E-state index in [1.165, 1.54) is 5.56 Å². The van der Waals surface area contributed by atoms with E-state index in [4.69, 9.17) is 4.74 Å².